The van der Waals surface area contributed by atoms with Crippen molar-refractivity contribution >= 4 is 6.71 Å². The van der Waals surface area contributed by atoms with Crippen LogP contribution in [-0.2, 0) is 12.9 Å². The first-order chi connectivity index (χ1) is 9.19. The fraction of sp³-hybridized carbons (Fsp3) is 0.286. The number of aryl methyl sites for hydroxylation is 1. The molecule has 0 N–H and O–H groups in total. The molecular weight excluding hydrogens is 240 g/mol. The molecule has 0 saturated carbocycles. The van der Waals surface area contributed by atoms with Gasteiger partial charge < -0.3 is 0 Å². The normalized spacial score (nSPS) is 14.1. The quantitative estimate of drug-likeness (QED) is 0.733. The number of hydrogen-bond donors (Lipinski definition) is 0. The van der Waals surface area contributed by atoms with Crippen molar-refractivity contribution in [3.05, 3.63) is 41.3 Å². The Morgan fingerprint density at radius 2 is 2.11 bits per heavy atom. The van der Waals surface area contributed by atoms with E-state index >= 15 is 0 Å². The van der Waals surface area contributed by atoms with Gasteiger partial charge in [-0.1, -0.05) is 0 Å². The van der Waals surface area contributed by atoms with Crippen LogP contribution in [-0.4, -0.2) is 16.5 Å². The van der Waals surface area contributed by atoms with Gasteiger partial charge in [0.1, 0.15) is 5.82 Å². The molecule has 1 aliphatic rings. The second-order valence-corrected chi connectivity index (χ2v) is 4.97. The van der Waals surface area contributed by atoms with E-state index in [0.717, 1.165) is 41.7 Å². The molecule has 1 aliphatic heterocycles. The molecular formula is C14H13BFN3. The Hall–Kier alpha value is -2.09. The van der Waals surface area contributed by atoms with Crippen LogP contribution in [0.1, 0.15) is 11.3 Å². The summed E-state index contributed by atoms with van der Waals surface area (Å²) < 4.78 is 15.0. The van der Waals surface area contributed by atoms with Crippen LogP contribution < -0.4 is 0 Å². The maximum absolute atomic E-state index is 13.0. The number of rotatable bonds is 1. The van der Waals surface area contributed by atoms with E-state index in [2.05, 4.69) is 11.1 Å². The predicted octanol–water partition coefficient (Wildman–Crippen LogP) is 2.65. The Bertz CT molecular complexity index is 655. The molecule has 94 valence electrons. The van der Waals surface area contributed by atoms with E-state index in [1.165, 1.54) is 12.1 Å². The van der Waals surface area contributed by atoms with E-state index in [9.17, 15) is 4.39 Å². The minimum Gasteiger partial charge on any atom is -0.270 e. The van der Waals surface area contributed by atoms with Gasteiger partial charge in [-0.3, -0.25) is 4.68 Å². The van der Waals surface area contributed by atoms with Crippen LogP contribution in [0.4, 0.5) is 4.39 Å². The van der Waals surface area contributed by atoms with Crippen molar-refractivity contribution in [1.82, 2.24) is 9.78 Å². The summed E-state index contributed by atoms with van der Waals surface area (Å²) in [5, 5.41) is 13.6. The zero-order valence-electron chi connectivity index (χ0n) is 10.7. The van der Waals surface area contributed by atoms with Gasteiger partial charge in [0.25, 0.3) is 6.71 Å². The highest BCUT2D eigenvalue weighted by Crippen LogP contribution is 2.28. The third kappa shape index (κ3) is 2.03. The number of fused-ring (bicyclic) bond motifs is 1. The highest BCUT2D eigenvalue weighted by Gasteiger charge is 2.26. The van der Waals surface area contributed by atoms with Gasteiger partial charge in [-0.15, -0.1) is 0 Å². The molecule has 0 unspecified atom stereocenters. The molecule has 0 radical (unpaired) electrons. The van der Waals surface area contributed by atoms with Crippen LogP contribution in [0.2, 0.25) is 6.32 Å². The molecule has 0 atom stereocenters. The average Bonchev–Trinajstić information content (AvgIpc) is 2.76. The number of nitriles is 1. The highest BCUT2D eigenvalue weighted by atomic mass is 19.1. The van der Waals surface area contributed by atoms with Crippen LogP contribution in [0.5, 0.6) is 0 Å². The van der Waals surface area contributed by atoms with Gasteiger partial charge in [0.2, 0.25) is 0 Å². The fourth-order valence-electron chi connectivity index (χ4n) is 2.64. The lowest BCUT2D eigenvalue weighted by molar-refractivity contribution is 0.615. The van der Waals surface area contributed by atoms with Crippen molar-refractivity contribution in [3.63, 3.8) is 0 Å². The van der Waals surface area contributed by atoms with E-state index in [1.807, 2.05) is 11.6 Å². The minimum atomic E-state index is -0.241. The van der Waals surface area contributed by atoms with Crippen LogP contribution >= 0.6 is 0 Å². The summed E-state index contributed by atoms with van der Waals surface area (Å²) in [6, 6.07) is 6.40. The second-order valence-electron chi connectivity index (χ2n) is 4.97. The number of aromatic nitrogens is 2. The molecule has 0 spiro atoms. The van der Waals surface area contributed by atoms with Crippen molar-refractivity contribution in [3.8, 4) is 17.2 Å². The molecule has 1 aromatic carbocycles. The second kappa shape index (κ2) is 4.54. The van der Waals surface area contributed by atoms with Crippen molar-refractivity contribution in [1.29, 1.82) is 5.26 Å². The Morgan fingerprint density at radius 1 is 1.37 bits per heavy atom. The third-order valence-corrected chi connectivity index (χ3v) is 3.75. The van der Waals surface area contributed by atoms with Crippen molar-refractivity contribution < 1.29 is 4.39 Å². The molecule has 1 aromatic heterocycles. The lowest BCUT2D eigenvalue weighted by Crippen LogP contribution is -2.26. The van der Waals surface area contributed by atoms with Gasteiger partial charge in [-0.2, -0.15) is 5.10 Å². The van der Waals surface area contributed by atoms with Crippen LogP contribution in [0, 0.1) is 24.0 Å². The molecule has 2 heterocycles. The monoisotopic (exact) mass is 253 g/mol. The van der Waals surface area contributed by atoms with Gasteiger partial charge in [0.05, 0.1) is 5.69 Å². The van der Waals surface area contributed by atoms with Gasteiger partial charge in [0.15, 0.2) is 0 Å². The van der Waals surface area contributed by atoms with E-state index in [0.29, 0.717) is 0 Å². The van der Waals surface area contributed by atoms with Crippen LogP contribution in [0.25, 0.3) is 11.3 Å². The highest BCUT2D eigenvalue weighted by molar-refractivity contribution is 6.66. The summed E-state index contributed by atoms with van der Waals surface area (Å²) in [6.07, 6.45) is 1.62. The van der Waals surface area contributed by atoms with E-state index in [4.69, 9.17) is 5.26 Å². The molecule has 0 bridgehead atoms. The average molecular weight is 253 g/mol. The Kier molecular flexibility index (Phi) is 2.86. The molecule has 3 nitrogen and oxygen atoms in total. The molecule has 2 aromatic rings. The third-order valence-electron chi connectivity index (χ3n) is 3.75. The van der Waals surface area contributed by atoms with Crippen molar-refractivity contribution in [2.45, 2.75) is 26.1 Å². The fourth-order valence-corrected chi connectivity index (χ4v) is 2.64. The van der Waals surface area contributed by atoms with Crippen molar-refractivity contribution in [2.75, 3.05) is 0 Å². The Morgan fingerprint density at radius 3 is 2.79 bits per heavy atom. The first-order valence-electron chi connectivity index (χ1n) is 6.41. The van der Waals surface area contributed by atoms with Gasteiger partial charge in [-0.25, -0.2) is 9.65 Å². The van der Waals surface area contributed by atoms with E-state index in [-0.39, 0.29) is 12.5 Å². The standard InChI is InChI=1S/C14H13BFN3/c1-10-13-8-15(9-17)6-7-19(13)18-14(10)11-2-4-12(16)5-3-11/h2-5H,6-8H2,1H3. The number of nitrogens with zero attached hydrogens (tertiary/aromatic N) is 3. The molecule has 19 heavy (non-hydrogen) atoms. The summed E-state index contributed by atoms with van der Waals surface area (Å²) in [6.45, 7) is 2.90. The minimum absolute atomic E-state index is 0.0870. The van der Waals surface area contributed by atoms with Crippen LogP contribution in [0.15, 0.2) is 24.3 Å². The summed E-state index contributed by atoms with van der Waals surface area (Å²) in [5.41, 5.74) is 4.06. The molecule has 0 amide bonds. The summed E-state index contributed by atoms with van der Waals surface area (Å²) in [5.74, 6) is 2.10. The summed E-state index contributed by atoms with van der Waals surface area (Å²) >= 11 is 0. The first kappa shape index (κ1) is 12.0. The van der Waals surface area contributed by atoms with E-state index < -0.39 is 0 Å². The zero-order chi connectivity index (χ0) is 13.4. The molecule has 5 heteroatoms. The SMILES string of the molecule is Cc1c(-c2ccc(F)cc2)nn2c1CB(C#N)CC2. The number of benzene rings is 1. The smallest absolute Gasteiger partial charge is 0.270 e. The van der Waals surface area contributed by atoms with Crippen molar-refractivity contribution in [2.24, 2.45) is 0 Å². The topological polar surface area (TPSA) is 41.6 Å². The predicted molar refractivity (Wildman–Crippen MR) is 72.2 cm³/mol. The Labute approximate surface area is 111 Å². The Balaban J connectivity index is 2.03. The van der Waals surface area contributed by atoms with E-state index in [1.54, 1.807) is 12.1 Å². The molecule has 0 fully saturated rings. The number of halogens is 1. The maximum atomic E-state index is 13.0. The molecule has 3 rings (SSSR count). The molecule has 0 aliphatic carbocycles. The lowest BCUT2D eigenvalue weighted by Gasteiger charge is -2.15. The number of hydrogen-bond acceptors (Lipinski definition) is 2. The van der Waals surface area contributed by atoms with Gasteiger partial charge in [0, 0.05) is 23.8 Å². The van der Waals surface area contributed by atoms with Crippen LogP contribution in [0.3, 0.4) is 0 Å². The first-order valence-corrected chi connectivity index (χ1v) is 6.41. The summed E-state index contributed by atoms with van der Waals surface area (Å²) in [4.78, 5) is 0. The van der Waals surface area contributed by atoms with Gasteiger partial charge >= 0.3 is 0 Å². The summed E-state index contributed by atoms with van der Waals surface area (Å²) in [7, 11) is 0. The zero-order valence-corrected chi connectivity index (χ0v) is 10.7. The maximum Gasteiger partial charge on any atom is 0.275 e. The molecule has 0 saturated heterocycles. The largest absolute Gasteiger partial charge is 0.275 e. The van der Waals surface area contributed by atoms with Gasteiger partial charge in [-0.05, 0) is 49.4 Å². The lowest BCUT2D eigenvalue weighted by atomic mass is 9.45.